The number of benzene rings is 3. The highest BCUT2D eigenvalue weighted by atomic mass is 16.5. The van der Waals surface area contributed by atoms with Crippen molar-refractivity contribution in [3.63, 3.8) is 0 Å². The molecule has 0 bridgehead atoms. The summed E-state index contributed by atoms with van der Waals surface area (Å²) >= 11 is 0. The van der Waals surface area contributed by atoms with Crippen LogP contribution in [0.5, 0.6) is 5.75 Å². The summed E-state index contributed by atoms with van der Waals surface area (Å²) in [6.45, 7) is 1.96. The second kappa shape index (κ2) is 9.99. The third-order valence-electron chi connectivity index (χ3n) is 5.06. The van der Waals surface area contributed by atoms with E-state index in [0.29, 0.717) is 28.8 Å². The summed E-state index contributed by atoms with van der Waals surface area (Å²) in [5.41, 5.74) is 3.78. The first-order chi connectivity index (χ1) is 16.4. The molecule has 4 rings (SSSR count). The summed E-state index contributed by atoms with van der Waals surface area (Å²) in [7, 11) is 3.34. The standard InChI is InChI=1S/C26H24N4O4/c1-17-5-4-6-20(15-17)26-29-28-25(34-26)19-9-7-18(8-10-19)24(32)27-21-11-13-22(14-12-21)33-16-23(31)30(2)3/h4-15H,16H2,1-3H3,(H,27,32). The van der Waals surface area contributed by atoms with Crippen molar-refractivity contribution in [1.82, 2.24) is 15.1 Å². The van der Waals surface area contributed by atoms with Gasteiger partial charge in [0.25, 0.3) is 11.8 Å². The Morgan fingerprint density at radius 1 is 0.912 bits per heavy atom. The van der Waals surface area contributed by atoms with Crippen molar-refractivity contribution in [3.05, 3.63) is 83.9 Å². The lowest BCUT2D eigenvalue weighted by molar-refractivity contribution is -0.130. The predicted octanol–water partition coefficient (Wildman–Crippen LogP) is 4.43. The Balaban J connectivity index is 1.38. The number of nitrogens with one attached hydrogen (secondary N) is 1. The molecule has 0 aliphatic rings. The van der Waals surface area contributed by atoms with Gasteiger partial charge in [-0.15, -0.1) is 10.2 Å². The van der Waals surface area contributed by atoms with Crippen LogP contribution in [-0.4, -0.2) is 47.6 Å². The number of ether oxygens (including phenoxy) is 1. The molecule has 8 nitrogen and oxygen atoms in total. The lowest BCUT2D eigenvalue weighted by atomic mass is 10.1. The average molecular weight is 457 g/mol. The van der Waals surface area contributed by atoms with E-state index in [1.165, 1.54) is 4.90 Å². The number of hydrogen-bond acceptors (Lipinski definition) is 6. The van der Waals surface area contributed by atoms with E-state index >= 15 is 0 Å². The zero-order chi connectivity index (χ0) is 24.1. The van der Waals surface area contributed by atoms with E-state index in [0.717, 1.165) is 16.7 Å². The molecule has 4 aromatic rings. The number of nitrogens with zero attached hydrogens (tertiary/aromatic N) is 3. The molecule has 8 heteroatoms. The summed E-state index contributed by atoms with van der Waals surface area (Å²) in [4.78, 5) is 25.7. The van der Waals surface area contributed by atoms with Crippen LogP contribution < -0.4 is 10.1 Å². The Hall–Kier alpha value is -4.46. The molecule has 0 fully saturated rings. The van der Waals surface area contributed by atoms with E-state index in [4.69, 9.17) is 9.15 Å². The first-order valence-corrected chi connectivity index (χ1v) is 10.6. The number of rotatable bonds is 7. The Labute approximate surface area is 197 Å². The number of anilines is 1. The molecule has 1 aromatic heterocycles. The van der Waals surface area contributed by atoms with Crippen LogP contribution in [0.2, 0.25) is 0 Å². The van der Waals surface area contributed by atoms with Gasteiger partial charge in [0.2, 0.25) is 11.8 Å². The maximum Gasteiger partial charge on any atom is 0.259 e. The molecular weight excluding hydrogens is 432 g/mol. The molecule has 1 N–H and O–H groups in total. The third-order valence-corrected chi connectivity index (χ3v) is 5.06. The van der Waals surface area contributed by atoms with Gasteiger partial charge in [-0.05, 0) is 67.6 Å². The SMILES string of the molecule is Cc1cccc(-c2nnc(-c3ccc(C(=O)Nc4ccc(OCC(=O)N(C)C)cc4)cc3)o2)c1. The van der Waals surface area contributed by atoms with Crippen LogP contribution in [0.1, 0.15) is 15.9 Å². The van der Waals surface area contributed by atoms with Crippen molar-refractivity contribution in [2.45, 2.75) is 6.92 Å². The lowest BCUT2D eigenvalue weighted by Crippen LogP contribution is -2.27. The Morgan fingerprint density at radius 2 is 1.59 bits per heavy atom. The molecule has 34 heavy (non-hydrogen) atoms. The summed E-state index contributed by atoms with van der Waals surface area (Å²) in [5.74, 6) is 0.981. The van der Waals surface area contributed by atoms with E-state index in [2.05, 4.69) is 15.5 Å². The van der Waals surface area contributed by atoms with Crippen LogP contribution >= 0.6 is 0 Å². The minimum atomic E-state index is -0.256. The van der Waals surface area contributed by atoms with Crippen molar-refractivity contribution in [2.75, 3.05) is 26.0 Å². The third kappa shape index (κ3) is 5.47. The zero-order valence-corrected chi connectivity index (χ0v) is 19.1. The molecule has 3 aromatic carbocycles. The predicted molar refractivity (Wildman–Crippen MR) is 128 cm³/mol. The fourth-order valence-corrected chi connectivity index (χ4v) is 3.11. The van der Waals surface area contributed by atoms with Crippen molar-refractivity contribution < 1.29 is 18.7 Å². The van der Waals surface area contributed by atoms with E-state index in [-0.39, 0.29) is 18.4 Å². The second-order valence-corrected chi connectivity index (χ2v) is 7.91. The fraction of sp³-hybridized carbons (Fsp3) is 0.154. The number of carbonyl (C=O) groups excluding carboxylic acids is 2. The quantitative estimate of drug-likeness (QED) is 0.442. The molecule has 172 valence electrons. The van der Waals surface area contributed by atoms with Crippen molar-refractivity contribution in [3.8, 4) is 28.7 Å². The van der Waals surface area contributed by atoms with Gasteiger partial charge >= 0.3 is 0 Å². The molecule has 0 unspecified atom stereocenters. The molecular formula is C26H24N4O4. The Kier molecular flexibility index (Phi) is 6.68. The Morgan fingerprint density at radius 3 is 2.24 bits per heavy atom. The normalized spacial score (nSPS) is 10.6. The topological polar surface area (TPSA) is 97.6 Å². The highest BCUT2D eigenvalue weighted by molar-refractivity contribution is 6.04. The highest BCUT2D eigenvalue weighted by Crippen LogP contribution is 2.25. The maximum atomic E-state index is 12.6. The number of likely N-dealkylation sites (N-methyl/N-ethyl adjacent to an activating group) is 1. The van der Waals surface area contributed by atoms with Crippen LogP contribution in [0, 0.1) is 6.92 Å². The van der Waals surface area contributed by atoms with Crippen LogP contribution in [-0.2, 0) is 4.79 Å². The van der Waals surface area contributed by atoms with Gasteiger partial charge in [0.1, 0.15) is 5.75 Å². The van der Waals surface area contributed by atoms with Gasteiger partial charge in [0.15, 0.2) is 6.61 Å². The van der Waals surface area contributed by atoms with Gasteiger partial charge in [-0.3, -0.25) is 9.59 Å². The van der Waals surface area contributed by atoms with E-state index in [1.54, 1.807) is 62.6 Å². The van der Waals surface area contributed by atoms with Crippen LogP contribution in [0.25, 0.3) is 22.9 Å². The maximum absolute atomic E-state index is 12.6. The molecule has 0 spiro atoms. The average Bonchev–Trinajstić information content (AvgIpc) is 3.34. The first kappa shape index (κ1) is 22.7. The molecule has 0 aliphatic carbocycles. The number of aromatic nitrogens is 2. The summed E-state index contributed by atoms with van der Waals surface area (Å²) < 4.78 is 11.2. The molecule has 0 radical (unpaired) electrons. The largest absolute Gasteiger partial charge is 0.484 e. The minimum absolute atomic E-state index is 0.0441. The zero-order valence-electron chi connectivity index (χ0n) is 19.1. The van der Waals surface area contributed by atoms with E-state index < -0.39 is 0 Å². The number of amides is 2. The number of hydrogen-bond donors (Lipinski definition) is 1. The number of carbonyl (C=O) groups is 2. The van der Waals surface area contributed by atoms with Crippen LogP contribution in [0.4, 0.5) is 5.69 Å². The monoisotopic (exact) mass is 456 g/mol. The smallest absolute Gasteiger partial charge is 0.259 e. The summed E-state index contributed by atoms with van der Waals surface area (Å²) in [6.07, 6.45) is 0. The van der Waals surface area contributed by atoms with Gasteiger partial charge in [0, 0.05) is 36.5 Å². The molecule has 0 saturated carbocycles. The van der Waals surface area contributed by atoms with Crippen molar-refractivity contribution in [2.24, 2.45) is 0 Å². The van der Waals surface area contributed by atoms with Gasteiger partial charge in [-0.25, -0.2) is 0 Å². The van der Waals surface area contributed by atoms with Crippen LogP contribution in [0.3, 0.4) is 0 Å². The fourth-order valence-electron chi connectivity index (χ4n) is 3.11. The molecule has 0 aliphatic heterocycles. The first-order valence-electron chi connectivity index (χ1n) is 10.6. The van der Waals surface area contributed by atoms with Crippen LogP contribution in [0.15, 0.2) is 77.2 Å². The summed E-state index contributed by atoms with van der Waals surface area (Å²) in [6, 6.07) is 21.6. The molecule has 1 heterocycles. The number of aryl methyl sites for hydroxylation is 1. The molecule has 0 atom stereocenters. The second-order valence-electron chi connectivity index (χ2n) is 7.91. The van der Waals surface area contributed by atoms with E-state index in [1.807, 2.05) is 31.2 Å². The minimum Gasteiger partial charge on any atom is -0.484 e. The Bertz CT molecular complexity index is 1300. The van der Waals surface area contributed by atoms with Gasteiger partial charge < -0.3 is 19.4 Å². The van der Waals surface area contributed by atoms with Gasteiger partial charge in [-0.1, -0.05) is 17.7 Å². The van der Waals surface area contributed by atoms with Gasteiger partial charge in [0.05, 0.1) is 0 Å². The van der Waals surface area contributed by atoms with Crippen molar-refractivity contribution >= 4 is 17.5 Å². The highest BCUT2D eigenvalue weighted by Gasteiger charge is 2.12. The van der Waals surface area contributed by atoms with Gasteiger partial charge in [-0.2, -0.15) is 0 Å². The molecule has 2 amide bonds. The van der Waals surface area contributed by atoms with E-state index in [9.17, 15) is 9.59 Å². The lowest BCUT2D eigenvalue weighted by Gasteiger charge is -2.12. The molecule has 0 saturated heterocycles. The van der Waals surface area contributed by atoms with Crippen molar-refractivity contribution in [1.29, 1.82) is 0 Å². The summed E-state index contributed by atoms with van der Waals surface area (Å²) in [5, 5.41) is 11.1.